The molecule has 39 heavy (non-hydrogen) atoms. The second kappa shape index (κ2) is 13.9. The topological polar surface area (TPSA) is 87.3 Å². The van der Waals surface area contributed by atoms with Gasteiger partial charge in [0.2, 0.25) is 5.91 Å². The van der Waals surface area contributed by atoms with Crippen molar-refractivity contribution in [2.24, 2.45) is 0 Å². The number of benzene rings is 4. The minimum absolute atomic E-state index is 0.105. The first-order valence-electron chi connectivity index (χ1n) is 11.8. The van der Waals surface area contributed by atoms with Gasteiger partial charge in [-0.15, -0.1) is 11.8 Å². The largest absolute Gasteiger partial charge is 0.324 e. The number of para-hydroxylation sites is 1. The quantitative estimate of drug-likeness (QED) is 0.129. The van der Waals surface area contributed by atoms with E-state index >= 15 is 0 Å². The molecule has 196 valence electrons. The highest BCUT2D eigenvalue weighted by Gasteiger charge is 2.15. The zero-order chi connectivity index (χ0) is 27.6. The summed E-state index contributed by atoms with van der Waals surface area (Å²) in [5.41, 5.74) is 2.57. The monoisotopic (exact) mass is 663 g/mol. The van der Waals surface area contributed by atoms with Crippen LogP contribution >= 0.6 is 43.6 Å². The number of carbonyl (C=O) groups excluding carboxylic acids is 3. The number of anilines is 2. The van der Waals surface area contributed by atoms with Crippen molar-refractivity contribution in [1.29, 1.82) is 0 Å². The average Bonchev–Trinajstić information content (AvgIpc) is 2.95. The van der Waals surface area contributed by atoms with Gasteiger partial charge in [0.05, 0.1) is 11.4 Å². The Kier molecular flexibility index (Phi) is 10.1. The van der Waals surface area contributed by atoms with E-state index < -0.39 is 5.91 Å². The van der Waals surface area contributed by atoms with E-state index in [1.807, 2.05) is 66.7 Å². The highest BCUT2D eigenvalue weighted by atomic mass is 79.9. The lowest BCUT2D eigenvalue weighted by Gasteiger charge is -2.12. The summed E-state index contributed by atoms with van der Waals surface area (Å²) in [6.07, 6.45) is 1.62. The molecule has 0 aliphatic carbocycles. The summed E-state index contributed by atoms with van der Waals surface area (Å²) in [4.78, 5) is 39.2. The van der Waals surface area contributed by atoms with Crippen LogP contribution < -0.4 is 16.0 Å². The molecule has 0 aliphatic rings. The van der Waals surface area contributed by atoms with Gasteiger partial charge in [-0.3, -0.25) is 14.4 Å². The van der Waals surface area contributed by atoms with Crippen molar-refractivity contribution in [2.75, 3.05) is 16.4 Å². The van der Waals surface area contributed by atoms with Crippen LogP contribution in [0.2, 0.25) is 0 Å². The molecular weight excluding hydrogens is 642 g/mol. The molecule has 0 atom stereocenters. The molecule has 4 aromatic rings. The summed E-state index contributed by atoms with van der Waals surface area (Å²) in [6, 6.07) is 30.7. The second-order valence-electron chi connectivity index (χ2n) is 8.22. The summed E-state index contributed by atoms with van der Waals surface area (Å²) >= 11 is 8.21. The van der Waals surface area contributed by atoms with E-state index in [-0.39, 0.29) is 23.3 Å². The van der Waals surface area contributed by atoms with E-state index in [2.05, 4.69) is 47.8 Å². The van der Waals surface area contributed by atoms with Crippen molar-refractivity contribution >= 4 is 78.8 Å². The second-order valence-corrected chi connectivity index (χ2v) is 11.0. The van der Waals surface area contributed by atoms with E-state index in [1.54, 1.807) is 42.5 Å². The van der Waals surface area contributed by atoms with Crippen LogP contribution in [-0.2, 0) is 9.59 Å². The molecule has 0 fully saturated rings. The van der Waals surface area contributed by atoms with Gasteiger partial charge in [-0.1, -0.05) is 58.4 Å². The van der Waals surface area contributed by atoms with Gasteiger partial charge in [-0.2, -0.15) is 0 Å². The van der Waals surface area contributed by atoms with Crippen molar-refractivity contribution < 1.29 is 14.4 Å². The first-order chi connectivity index (χ1) is 18.9. The predicted octanol–water partition coefficient (Wildman–Crippen LogP) is 7.35. The molecule has 0 unspecified atom stereocenters. The van der Waals surface area contributed by atoms with Gasteiger partial charge in [0.1, 0.15) is 5.70 Å². The predicted molar refractivity (Wildman–Crippen MR) is 165 cm³/mol. The first kappa shape index (κ1) is 28.4. The zero-order valence-electron chi connectivity index (χ0n) is 20.5. The van der Waals surface area contributed by atoms with Crippen LogP contribution in [0, 0.1) is 0 Å². The van der Waals surface area contributed by atoms with E-state index in [0.717, 1.165) is 19.4 Å². The average molecular weight is 665 g/mol. The molecule has 4 aromatic carbocycles. The van der Waals surface area contributed by atoms with Crippen molar-refractivity contribution in [1.82, 2.24) is 5.32 Å². The lowest BCUT2D eigenvalue weighted by atomic mass is 10.1. The number of hydrogen-bond donors (Lipinski definition) is 3. The third-order valence-corrected chi connectivity index (χ3v) is 7.57. The maximum atomic E-state index is 13.2. The SMILES string of the molecule is O=C(CSc1ccc(NC(=O)/C(=C/c2ccc(Br)cc2)NC(=O)c2ccccc2)cc1)Nc1ccccc1Br. The van der Waals surface area contributed by atoms with Crippen molar-refractivity contribution in [3.8, 4) is 0 Å². The van der Waals surface area contributed by atoms with Gasteiger partial charge >= 0.3 is 0 Å². The number of thioether (sulfide) groups is 1. The number of rotatable bonds is 9. The van der Waals surface area contributed by atoms with Crippen LogP contribution in [0.3, 0.4) is 0 Å². The van der Waals surface area contributed by atoms with Gasteiger partial charge in [-0.05, 0) is 88.2 Å². The Hall–Kier alpha value is -3.66. The molecule has 3 amide bonds. The van der Waals surface area contributed by atoms with Gasteiger partial charge in [0.25, 0.3) is 11.8 Å². The minimum Gasteiger partial charge on any atom is -0.324 e. The third-order valence-electron chi connectivity index (χ3n) is 5.34. The zero-order valence-corrected chi connectivity index (χ0v) is 24.5. The van der Waals surface area contributed by atoms with E-state index in [1.165, 1.54) is 11.8 Å². The molecule has 0 radical (unpaired) electrons. The lowest BCUT2D eigenvalue weighted by molar-refractivity contribution is -0.114. The first-order valence-corrected chi connectivity index (χ1v) is 14.4. The van der Waals surface area contributed by atoms with Gasteiger partial charge in [0.15, 0.2) is 0 Å². The Labute approximate surface area is 247 Å². The van der Waals surface area contributed by atoms with Crippen molar-refractivity contribution in [3.05, 3.63) is 129 Å². The molecule has 0 saturated carbocycles. The number of amides is 3. The fourth-order valence-electron chi connectivity index (χ4n) is 3.40. The highest BCUT2D eigenvalue weighted by molar-refractivity contribution is 9.10. The maximum Gasteiger partial charge on any atom is 0.272 e. The van der Waals surface area contributed by atoms with Gasteiger partial charge in [0, 0.05) is 25.1 Å². The van der Waals surface area contributed by atoms with Crippen LogP contribution in [0.1, 0.15) is 15.9 Å². The molecule has 0 heterocycles. The summed E-state index contributed by atoms with van der Waals surface area (Å²) in [5.74, 6) is -0.739. The van der Waals surface area contributed by atoms with Gasteiger partial charge < -0.3 is 16.0 Å². The smallest absolute Gasteiger partial charge is 0.272 e. The molecule has 3 N–H and O–H groups in total. The molecule has 6 nitrogen and oxygen atoms in total. The van der Waals surface area contributed by atoms with E-state index in [4.69, 9.17) is 0 Å². The Bertz CT molecular complexity index is 1490. The molecule has 9 heteroatoms. The lowest BCUT2D eigenvalue weighted by Crippen LogP contribution is -2.30. The Balaban J connectivity index is 1.40. The number of carbonyl (C=O) groups is 3. The summed E-state index contributed by atoms with van der Waals surface area (Å²) in [5, 5.41) is 8.44. The summed E-state index contributed by atoms with van der Waals surface area (Å²) in [6.45, 7) is 0. The normalized spacial score (nSPS) is 11.0. The Morgan fingerprint density at radius 1 is 0.744 bits per heavy atom. The molecular formula is C30H23Br2N3O3S. The molecule has 0 bridgehead atoms. The van der Waals surface area contributed by atoms with E-state index in [9.17, 15) is 14.4 Å². The number of nitrogens with one attached hydrogen (secondary N) is 3. The minimum atomic E-state index is -0.463. The number of halogens is 2. The fourth-order valence-corrected chi connectivity index (χ4v) is 4.75. The maximum absolute atomic E-state index is 13.2. The Morgan fingerprint density at radius 2 is 1.41 bits per heavy atom. The highest BCUT2D eigenvalue weighted by Crippen LogP contribution is 2.24. The molecule has 0 saturated heterocycles. The van der Waals surface area contributed by atoms with Crippen LogP contribution in [0.5, 0.6) is 0 Å². The van der Waals surface area contributed by atoms with Crippen LogP contribution in [0.4, 0.5) is 11.4 Å². The van der Waals surface area contributed by atoms with Crippen molar-refractivity contribution in [3.63, 3.8) is 0 Å². The molecule has 0 aliphatic heterocycles. The molecule has 0 spiro atoms. The number of hydrogen-bond acceptors (Lipinski definition) is 4. The van der Waals surface area contributed by atoms with Crippen LogP contribution in [-0.4, -0.2) is 23.5 Å². The molecule has 0 aromatic heterocycles. The van der Waals surface area contributed by atoms with Crippen molar-refractivity contribution in [2.45, 2.75) is 4.90 Å². The Morgan fingerprint density at radius 3 is 2.10 bits per heavy atom. The summed E-state index contributed by atoms with van der Waals surface area (Å²) < 4.78 is 1.72. The molecule has 4 rings (SSSR count). The van der Waals surface area contributed by atoms with Crippen LogP contribution in [0.15, 0.2) is 123 Å². The van der Waals surface area contributed by atoms with E-state index in [0.29, 0.717) is 16.9 Å². The standard InChI is InChI=1S/C30H23Br2N3O3S/c31-22-12-10-20(11-13-22)18-27(35-29(37)21-6-2-1-3-7-21)30(38)33-23-14-16-24(17-15-23)39-19-28(36)34-26-9-5-4-8-25(26)32/h1-18H,19H2,(H,33,38)(H,34,36)(H,35,37)/b27-18-. The van der Waals surface area contributed by atoms with Gasteiger partial charge in [-0.25, -0.2) is 0 Å². The summed E-state index contributed by atoms with van der Waals surface area (Å²) in [7, 11) is 0. The third kappa shape index (κ3) is 8.68. The fraction of sp³-hybridized carbons (Fsp3) is 0.0333. The van der Waals surface area contributed by atoms with Crippen LogP contribution in [0.25, 0.3) is 6.08 Å².